The summed E-state index contributed by atoms with van der Waals surface area (Å²) in [5.41, 5.74) is 4.71. The minimum absolute atomic E-state index is 0.142. The van der Waals surface area contributed by atoms with Crippen LogP contribution in [0.3, 0.4) is 0 Å². The third-order valence-electron chi connectivity index (χ3n) is 6.61. The maximum absolute atomic E-state index is 12.9. The van der Waals surface area contributed by atoms with Crippen molar-refractivity contribution in [2.24, 2.45) is 0 Å². The number of hydrogen-bond donors (Lipinski definition) is 2. The average Bonchev–Trinajstić information content (AvgIpc) is 3.46. The summed E-state index contributed by atoms with van der Waals surface area (Å²) in [5.74, 6) is -0.861. The number of fused-ring (bicyclic) bond motifs is 1. The first-order chi connectivity index (χ1) is 17.9. The molecule has 3 heterocycles. The smallest absolute Gasteiger partial charge is 0.306 e. The summed E-state index contributed by atoms with van der Waals surface area (Å²) >= 11 is 0. The van der Waals surface area contributed by atoms with Crippen LogP contribution in [0.1, 0.15) is 83.7 Å². The van der Waals surface area contributed by atoms with Crippen LogP contribution >= 0.6 is 0 Å². The Morgan fingerprint density at radius 1 is 1.11 bits per heavy atom. The second-order valence-corrected chi connectivity index (χ2v) is 9.33. The number of anilines is 1. The molecule has 0 aromatic carbocycles. The molecule has 11 heteroatoms. The molecule has 1 aliphatic rings. The Hall–Kier alpha value is -3.23. The van der Waals surface area contributed by atoms with Crippen LogP contribution in [0.15, 0.2) is 18.5 Å². The van der Waals surface area contributed by atoms with Gasteiger partial charge in [0, 0.05) is 12.8 Å². The minimum Gasteiger partial charge on any atom is -0.455 e. The summed E-state index contributed by atoms with van der Waals surface area (Å²) in [4.78, 5) is 29.6. The zero-order valence-electron chi connectivity index (χ0n) is 21.6. The number of hydrogen-bond acceptors (Lipinski definition) is 10. The van der Waals surface area contributed by atoms with Crippen LogP contribution in [-0.4, -0.2) is 56.6 Å². The highest BCUT2D eigenvalue weighted by Crippen LogP contribution is 2.43. The number of rotatable bonds is 14. The Labute approximate surface area is 216 Å². The van der Waals surface area contributed by atoms with E-state index in [2.05, 4.69) is 30.0 Å². The summed E-state index contributed by atoms with van der Waals surface area (Å²) in [5, 5.41) is 24.7. The maximum atomic E-state index is 12.9. The van der Waals surface area contributed by atoms with Crippen molar-refractivity contribution in [2.45, 2.75) is 102 Å². The molecule has 1 fully saturated rings. The number of carbonyl (C=O) groups excluding carboxylic acids is 2. The van der Waals surface area contributed by atoms with Crippen molar-refractivity contribution in [3.05, 3.63) is 24.2 Å². The van der Waals surface area contributed by atoms with Gasteiger partial charge in [0.25, 0.3) is 0 Å². The normalized spacial score (nSPS) is 23.1. The van der Waals surface area contributed by atoms with Crippen LogP contribution in [0.25, 0.3) is 5.52 Å². The maximum Gasteiger partial charge on any atom is 0.306 e. The fourth-order valence-corrected chi connectivity index (χ4v) is 4.62. The molecule has 0 radical (unpaired) electrons. The lowest BCUT2D eigenvalue weighted by molar-refractivity contribution is -0.169. The van der Waals surface area contributed by atoms with Gasteiger partial charge in [-0.15, -0.1) is 0 Å². The molecule has 1 saturated heterocycles. The average molecular weight is 516 g/mol. The van der Waals surface area contributed by atoms with Gasteiger partial charge in [-0.2, -0.15) is 10.4 Å². The molecule has 2 aromatic heterocycles. The molecule has 11 nitrogen and oxygen atoms in total. The Morgan fingerprint density at radius 2 is 1.76 bits per heavy atom. The SMILES string of the molecule is CCCCCCC(=O)O[C@H]1[C@@H](OC(=O)CCCCCC)[C@](C#N)(c2ccc3c(N)ncnn23)O[C@@H]1CO. The van der Waals surface area contributed by atoms with E-state index < -0.39 is 42.5 Å². The van der Waals surface area contributed by atoms with Gasteiger partial charge in [0.05, 0.1) is 12.3 Å². The number of esters is 2. The molecule has 37 heavy (non-hydrogen) atoms. The molecule has 202 valence electrons. The zero-order chi connectivity index (χ0) is 26.8. The predicted molar refractivity (Wildman–Crippen MR) is 134 cm³/mol. The number of nitrogens with two attached hydrogens (primary N) is 1. The van der Waals surface area contributed by atoms with Crippen molar-refractivity contribution in [2.75, 3.05) is 12.3 Å². The van der Waals surface area contributed by atoms with E-state index in [1.54, 1.807) is 12.1 Å². The van der Waals surface area contributed by atoms with E-state index in [1.807, 2.05) is 0 Å². The van der Waals surface area contributed by atoms with E-state index in [4.69, 9.17) is 19.9 Å². The molecule has 0 bridgehead atoms. The highest BCUT2D eigenvalue weighted by atomic mass is 16.6. The Bertz CT molecular complexity index is 1100. The van der Waals surface area contributed by atoms with Crippen molar-refractivity contribution in [1.29, 1.82) is 5.26 Å². The molecule has 1 aliphatic heterocycles. The van der Waals surface area contributed by atoms with E-state index in [1.165, 1.54) is 10.8 Å². The number of nitrogens with zero attached hydrogens (tertiary/aromatic N) is 4. The van der Waals surface area contributed by atoms with Crippen LogP contribution in [0.2, 0.25) is 0 Å². The van der Waals surface area contributed by atoms with Crippen LogP contribution in [-0.2, 0) is 29.4 Å². The molecule has 2 aromatic rings. The van der Waals surface area contributed by atoms with Crippen LogP contribution in [0.4, 0.5) is 5.82 Å². The van der Waals surface area contributed by atoms with Gasteiger partial charge >= 0.3 is 11.9 Å². The standard InChI is InChI=1S/C26H37N5O6/c1-3-5-7-9-11-21(33)35-23-19(15-32)37-26(16-27,24(23)36-22(34)12-10-8-6-4-2)20-14-13-18-25(28)29-17-30-31(18)20/h13-14,17,19,23-24,32H,3-12,15H2,1-2H3,(H2,28,29,30)/t19-,23-,24-,26+/m1/s1. The van der Waals surface area contributed by atoms with Gasteiger partial charge in [0.1, 0.15) is 24.0 Å². The Kier molecular flexibility index (Phi) is 10.2. The topological polar surface area (TPSA) is 162 Å². The lowest BCUT2D eigenvalue weighted by atomic mass is 9.92. The van der Waals surface area contributed by atoms with Gasteiger partial charge in [-0.3, -0.25) is 9.59 Å². The highest BCUT2D eigenvalue weighted by Gasteiger charge is 2.62. The van der Waals surface area contributed by atoms with Crippen molar-refractivity contribution < 1.29 is 28.9 Å². The minimum atomic E-state index is -1.91. The number of unbranched alkanes of at least 4 members (excludes halogenated alkanes) is 6. The van der Waals surface area contributed by atoms with Crippen molar-refractivity contribution in [3.8, 4) is 6.07 Å². The van der Waals surface area contributed by atoms with E-state index in [0.717, 1.165) is 38.5 Å². The fourth-order valence-electron chi connectivity index (χ4n) is 4.62. The third kappa shape index (κ3) is 6.37. The molecule has 0 aliphatic carbocycles. The quantitative estimate of drug-likeness (QED) is 0.282. The Balaban J connectivity index is 1.95. The number of aliphatic hydroxyl groups is 1. The molecule has 0 spiro atoms. The largest absolute Gasteiger partial charge is 0.455 e. The molecule has 4 atom stereocenters. The molecular weight excluding hydrogens is 478 g/mol. The number of aliphatic hydroxyl groups excluding tert-OH is 1. The summed E-state index contributed by atoms with van der Waals surface area (Å²) in [6.07, 6.45) is 4.99. The molecule has 0 unspecified atom stereocenters. The van der Waals surface area contributed by atoms with Crippen LogP contribution in [0, 0.1) is 11.3 Å². The van der Waals surface area contributed by atoms with Crippen molar-refractivity contribution >= 4 is 23.3 Å². The van der Waals surface area contributed by atoms with Crippen molar-refractivity contribution in [3.63, 3.8) is 0 Å². The van der Waals surface area contributed by atoms with E-state index in [0.29, 0.717) is 18.4 Å². The molecule has 3 rings (SSSR count). The summed E-state index contributed by atoms with van der Waals surface area (Å²) in [6.45, 7) is 3.60. The number of nitriles is 1. The highest BCUT2D eigenvalue weighted by molar-refractivity contribution is 5.71. The monoisotopic (exact) mass is 515 g/mol. The van der Waals surface area contributed by atoms with Crippen molar-refractivity contribution in [1.82, 2.24) is 14.6 Å². The van der Waals surface area contributed by atoms with Gasteiger partial charge in [-0.05, 0) is 25.0 Å². The number of carbonyl (C=O) groups is 2. The first kappa shape index (κ1) is 28.3. The van der Waals surface area contributed by atoms with Crippen LogP contribution < -0.4 is 5.73 Å². The Morgan fingerprint density at radius 3 is 2.35 bits per heavy atom. The van der Waals surface area contributed by atoms with Gasteiger partial charge in [-0.1, -0.05) is 52.4 Å². The molecule has 3 N–H and O–H groups in total. The van der Waals surface area contributed by atoms with Gasteiger partial charge < -0.3 is 25.1 Å². The summed E-state index contributed by atoms with van der Waals surface area (Å²) in [7, 11) is 0. The van der Waals surface area contributed by atoms with Gasteiger partial charge in [0.15, 0.2) is 18.0 Å². The van der Waals surface area contributed by atoms with E-state index >= 15 is 0 Å². The summed E-state index contributed by atoms with van der Waals surface area (Å²) < 4.78 is 19.0. The lowest BCUT2D eigenvalue weighted by Crippen LogP contribution is -2.46. The summed E-state index contributed by atoms with van der Waals surface area (Å²) in [6, 6.07) is 5.33. The zero-order valence-corrected chi connectivity index (χ0v) is 21.6. The number of ether oxygens (including phenoxy) is 3. The fraction of sp³-hybridized carbons (Fsp3) is 0.654. The number of aromatic nitrogens is 3. The predicted octanol–water partition coefficient (Wildman–Crippen LogP) is 3.19. The first-order valence-corrected chi connectivity index (χ1v) is 13.1. The molecular formula is C26H37N5O6. The van der Waals surface area contributed by atoms with E-state index in [9.17, 15) is 20.0 Å². The lowest BCUT2D eigenvalue weighted by Gasteiger charge is -2.28. The van der Waals surface area contributed by atoms with Crippen LogP contribution in [0.5, 0.6) is 0 Å². The third-order valence-corrected chi connectivity index (χ3v) is 6.61. The molecule has 0 saturated carbocycles. The number of nitrogen functional groups attached to an aromatic ring is 1. The molecule has 0 amide bonds. The second-order valence-electron chi connectivity index (χ2n) is 9.33. The first-order valence-electron chi connectivity index (χ1n) is 13.1. The van der Waals surface area contributed by atoms with Gasteiger partial charge in [0.2, 0.25) is 5.60 Å². The van der Waals surface area contributed by atoms with Gasteiger partial charge in [-0.25, -0.2) is 9.50 Å². The van der Waals surface area contributed by atoms with E-state index in [-0.39, 0.29) is 24.4 Å². The second kappa shape index (κ2) is 13.4.